The molecule has 1 aromatic heterocycles. The number of hydrogen-bond donors (Lipinski definition) is 1. The monoisotopic (exact) mass is 235 g/mol. The van der Waals surface area contributed by atoms with Crippen molar-refractivity contribution in [2.75, 3.05) is 12.3 Å². The first kappa shape index (κ1) is 13.0. The molecular formula is C11H17N5O. The lowest BCUT2D eigenvalue weighted by atomic mass is 10.2. The molecule has 0 bridgehead atoms. The molecule has 1 amide bonds. The van der Waals surface area contributed by atoms with Gasteiger partial charge in [-0.05, 0) is 13.8 Å². The predicted molar refractivity (Wildman–Crippen MR) is 64.0 cm³/mol. The highest BCUT2D eigenvalue weighted by molar-refractivity contribution is 5.97. The van der Waals surface area contributed by atoms with Gasteiger partial charge in [0.05, 0.1) is 18.2 Å². The summed E-state index contributed by atoms with van der Waals surface area (Å²) in [6.07, 6.45) is 1.90. The summed E-state index contributed by atoms with van der Waals surface area (Å²) in [7, 11) is 1.71. The number of carbonyl (C=O) groups excluding carboxylic acids is 1. The summed E-state index contributed by atoms with van der Waals surface area (Å²) < 4.78 is 1.51. The molecule has 0 radical (unpaired) electrons. The van der Waals surface area contributed by atoms with E-state index in [0.717, 1.165) is 0 Å². The van der Waals surface area contributed by atoms with Gasteiger partial charge in [0.1, 0.15) is 0 Å². The molecule has 17 heavy (non-hydrogen) atoms. The number of amides is 1. The molecule has 0 atom stereocenters. The molecule has 0 aliphatic carbocycles. The number of nitrogen functional groups attached to an aromatic ring is 1. The quantitative estimate of drug-likeness (QED) is 0.834. The van der Waals surface area contributed by atoms with E-state index in [1.54, 1.807) is 18.1 Å². The van der Waals surface area contributed by atoms with Crippen molar-refractivity contribution in [2.24, 2.45) is 7.05 Å². The third-order valence-electron chi connectivity index (χ3n) is 2.41. The summed E-state index contributed by atoms with van der Waals surface area (Å²) in [6.45, 7) is 4.19. The maximum absolute atomic E-state index is 12.2. The molecule has 1 heterocycles. The molecule has 0 aliphatic heterocycles. The molecule has 0 aliphatic rings. The highest BCUT2D eigenvalue weighted by atomic mass is 16.2. The Balaban J connectivity index is 2.92. The van der Waals surface area contributed by atoms with Gasteiger partial charge in [0, 0.05) is 25.8 Å². The third-order valence-corrected chi connectivity index (χ3v) is 2.41. The number of rotatable bonds is 4. The average Bonchev–Trinajstić information content (AvgIpc) is 2.57. The van der Waals surface area contributed by atoms with E-state index in [-0.39, 0.29) is 17.6 Å². The van der Waals surface area contributed by atoms with Crippen LogP contribution >= 0.6 is 0 Å². The van der Waals surface area contributed by atoms with Gasteiger partial charge in [-0.1, -0.05) is 0 Å². The van der Waals surface area contributed by atoms with Gasteiger partial charge < -0.3 is 10.6 Å². The molecular weight excluding hydrogens is 218 g/mol. The highest BCUT2D eigenvalue weighted by Crippen LogP contribution is 2.13. The number of carbonyl (C=O) groups is 1. The Labute approximate surface area is 101 Å². The molecule has 0 saturated carbocycles. The number of nitriles is 1. The Morgan fingerprint density at radius 1 is 1.71 bits per heavy atom. The van der Waals surface area contributed by atoms with E-state index in [1.807, 2.05) is 19.9 Å². The summed E-state index contributed by atoms with van der Waals surface area (Å²) in [5.41, 5.74) is 6.32. The van der Waals surface area contributed by atoms with Gasteiger partial charge in [-0.25, -0.2) is 0 Å². The third kappa shape index (κ3) is 2.97. The van der Waals surface area contributed by atoms with E-state index in [9.17, 15) is 4.79 Å². The van der Waals surface area contributed by atoms with E-state index in [4.69, 9.17) is 11.0 Å². The topological polar surface area (TPSA) is 87.9 Å². The van der Waals surface area contributed by atoms with Gasteiger partial charge >= 0.3 is 0 Å². The lowest BCUT2D eigenvalue weighted by Crippen LogP contribution is -2.38. The van der Waals surface area contributed by atoms with Gasteiger partial charge in [0.2, 0.25) is 0 Å². The molecule has 0 fully saturated rings. The average molecular weight is 235 g/mol. The van der Waals surface area contributed by atoms with Gasteiger partial charge in [-0.15, -0.1) is 0 Å². The zero-order chi connectivity index (χ0) is 13.0. The molecule has 0 aromatic carbocycles. The number of anilines is 1. The van der Waals surface area contributed by atoms with E-state index in [1.165, 1.54) is 4.68 Å². The molecule has 1 rings (SSSR count). The van der Waals surface area contributed by atoms with E-state index < -0.39 is 0 Å². The summed E-state index contributed by atoms with van der Waals surface area (Å²) in [4.78, 5) is 13.8. The molecule has 2 N–H and O–H groups in total. The Morgan fingerprint density at radius 2 is 2.35 bits per heavy atom. The van der Waals surface area contributed by atoms with Crippen molar-refractivity contribution in [1.29, 1.82) is 5.26 Å². The summed E-state index contributed by atoms with van der Waals surface area (Å²) >= 11 is 0. The van der Waals surface area contributed by atoms with Crippen molar-refractivity contribution < 1.29 is 4.79 Å². The molecule has 92 valence electrons. The molecule has 0 unspecified atom stereocenters. The van der Waals surface area contributed by atoms with Gasteiger partial charge in [0.25, 0.3) is 5.91 Å². The van der Waals surface area contributed by atoms with E-state index in [0.29, 0.717) is 18.7 Å². The van der Waals surface area contributed by atoms with Crippen LogP contribution in [0.4, 0.5) is 5.69 Å². The van der Waals surface area contributed by atoms with Crippen molar-refractivity contribution in [3.8, 4) is 6.07 Å². The lowest BCUT2D eigenvalue weighted by Gasteiger charge is -2.25. The molecule has 6 heteroatoms. The largest absolute Gasteiger partial charge is 0.396 e. The van der Waals surface area contributed by atoms with Crippen LogP contribution in [0.1, 0.15) is 30.8 Å². The van der Waals surface area contributed by atoms with Crippen molar-refractivity contribution in [3.05, 3.63) is 11.9 Å². The van der Waals surface area contributed by atoms with E-state index >= 15 is 0 Å². The number of aromatic nitrogens is 2. The summed E-state index contributed by atoms with van der Waals surface area (Å²) in [6, 6.07) is 2.04. The highest BCUT2D eigenvalue weighted by Gasteiger charge is 2.22. The Hall–Kier alpha value is -2.03. The smallest absolute Gasteiger partial charge is 0.276 e. The lowest BCUT2D eigenvalue weighted by molar-refractivity contribution is 0.0704. The SMILES string of the molecule is CC(C)N(CCC#N)C(=O)c1nn(C)cc1N. The van der Waals surface area contributed by atoms with Crippen LogP contribution in [-0.4, -0.2) is 33.2 Å². The molecule has 6 nitrogen and oxygen atoms in total. The van der Waals surface area contributed by atoms with Crippen LogP contribution in [0, 0.1) is 11.3 Å². The fourth-order valence-corrected chi connectivity index (χ4v) is 1.57. The van der Waals surface area contributed by atoms with Crippen LogP contribution in [0.3, 0.4) is 0 Å². The minimum Gasteiger partial charge on any atom is -0.396 e. The first-order chi connectivity index (χ1) is 7.97. The van der Waals surface area contributed by atoms with Crippen LogP contribution in [0.5, 0.6) is 0 Å². The van der Waals surface area contributed by atoms with Crippen molar-refractivity contribution in [2.45, 2.75) is 26.3 Å². The number of nitrogens with two attached hydrogens (primary N) is 1. The second-order valence-electron chi connectivity index (χ2n) is 4.11. The Bertz CT molecular complexity index is 443. The van der Waals surface area contributed by atoms with Gasteiger partial charge in [0.15, 0.2) is 5.69 Å². The van der Waals surface area contributed by atoms with E-state index in [2.05, 4.69) is 5.10 Å². The van der Waals surface area contributed by atoms with Crippen LogP contribution in [0.2, 0.25) is 0 Å². The van der Waals surface area contributed by atoms with Crippen LogP contribution < -0.4 is 5.73 Å². The second kappa shape index (κ2) is 5.34. The Morgan fingerprint density at radius 3 is 2.76 bits per heavy atom. The number of aryl methyl sites for hydroxylation is 1. The minimum atomic E-state index is -0.228. The van der Waals surface area contributed by atoms with Crippen LogP contribution in [0.15, 0.2) is 6.20 Å². The van der Waals surface area contributed by atoms with Gasteiger partial charge in [-0.2, -0.15) is 10.4 Å². The minimum absolute atomic E-state index is 0.0113. The number of nitrogens with zero attached hydrogens (tertiary/aromatic N) is 4. The molecule has 0 saturated heterocycles. The molecule has 0 spiro atoms. The zero-order valence-electron chi connectivity index (χ0n) is 10.3. The standard InChI is InChI=1S/C11H17N5O/c1-8(2)16(6-4-5-12)11(17)10-9(13)7-15(3)14-10/h7-8H,4,6,13H2,1-3H3. The second-order valence-corrected chi connectivity index (χ2v) is 4.11. The predicted octanol–water partition coefficient (Wildman–Crippen LogP) is 0.767. The first-order valence-corrected chi connectivity index (χ1v) is 5.44. The van der Waals surface area contributed by atoms with Crippen molar-refractivity contribution >= 4 is 11.6 Å². The first-order valence-electron chi connectivity index (χ1n) is 5.44. The number of hydrogen-bond acceptors (Lipinski definition) is 4. The van der Waals surface area contributed by atoms with Gasteiger partial charge in [-0.3, -0.25) is 9.48 Å². The van der Waals surface area contributed by atoms with Crippen LogP contribution in [0.25, 0.3) is 0 Å². The maximum atomic E-state index is 12.2. The van der Waals surface area contributed by atoms with Crippen molar-refractivity contribution in [3.63, 3.8) is 0 Å². The summed E-state index contributed by atoms with van der Waals surface area (Å²) in [5, 5.41) is 12.6. The summed E-state index contributed by atoms with van der Waals surface area (Å²) in [5.74, 6) is -0.228. The van der Waals surface area contributed by atoms with Crippen molar-refractivity contribution in [1.82, 2.24) is 14.7 Å². The fraction of sp³-hybridized carbons (Fsp3) is 0.545. The molecule has 1 aromatic rings. The Kier molecular flexibility index (Phi) is 4.10. The maximum Gasteiger partial charge on any atom is 0.276 e. The van der Waals surface area contributed by atoms with Crippen LogP contribution in [-0.2, 0) is 7.05 Å². The normalized spacial score (nSPS) is 10.3. The fourth-order valence-electron chi connectivity index (χ4n) is 1.57. The zero-order valence-corrected chi connectivity index (χ0v) is 10.3.